The monoisotopic (exact) mass is 416 g/mol. The van der Waals surface area contributed by atoms with E-state index in [2.05, 4.69) is 40.7 Å². The summed E-state index contributed by atoms with van der Waals surface area (Å²) in [4.78, 5) is 0. The van der Waals surface area contributed by atoms with Gasteiger partial charge in [0, 0.05) is 0 Å². The van der Waals surface area contributed by atoms with Crippen LogP contribution in [0.4, 0.5) is 0 Å². The lowest BCUT2D eigenvalue weighted by molar-refractivity contribution is -0.0573. The molecule has 0 aromatic rings. The van der Waals surface area contributed by atoms with Crippen molar-refractivity contribution < 1.29 is 5.11 Å². The maximum absolute atomic E-state index is 10.2. The third kappa shape index (κ3) is 4.31. The summed E-state index contributed by atoms with van der Waals surface area (Å²) in [5, 5.41) is 10.2. The smallest absolute Gasteiger partial charge is 0.0577 e. The molecule has 4 aliphatic rings. The molecule has 0 saturated heterocycles. The van der Waals surface area contributed by atoms with Gasteiger partial charge in [-0.25, -0.2) is 0 Å². The number of fused-ring (bicyclic) bond motifs is 5. The molecule has 8 atom stereocenters. The minimum absolute atomic E-state index is 0.0766. The van der Waals surface area contributed by atoms with Crippen molar-refractivity contribution in [3.05, 3.63) is 11.6 Å². The predicted molar refractivity (Wildman–Crippen MR) is 130 cm³/mol. The largest absolute Gasteiger partial charge is 0.393 e. The third-order valence-corrected chi connectivity index (χ3v) is 10.3. The fraction of sp³-hybridized carbons (Fsp3) is 0.931. The summed E-state index contributed by atoms with van der Waals surface area (Å²) >= 11 is 0. The van der Waals surface area contributed by atoms with Crippen LogP contribution in [0.5, 0.6) is 0 Å². The summed E-state index contributed by atoms with van der Waals surface area (Å²) < 4.78 is 0. The fourth-order valence-corrected chi connectivity index (χ4v) is 8.67. The molecule has 174 valence electrons. The van der Waals surface area contributed by atoms with Crippen molar-refractivity contribution in [3.8, 4) is 0 Å². The Hall–Kier alpha value is -0.300. The van der Waals surface area contributed by atoms with E-state index in [1.54, 1.807) is 5.57 Å². The van der Waals surface area contributed by atoms with Gasteiger partial charge in [0.2, 0.25) is 0 Å². The summed E-state index contributed by atoms with van der Waals surface area (Å²) in [5.74, 6) is 5.46. The van der Waals surface area contributed by atoms with Crippen LogP contribution in [0.3, 0.4) is 0 Å². The topological polar surface area (TPSA) is 20.2 Å². The van der Waals surface area contributed by atoms with Gasteiger partial charge < -0.3 is 5.11 Å². The molecule has 0 spiro atoms. The van der Waals surface area contributed by atoms with E-state index in [4.69, 9.17) is 0 Å². The molecule has 6 unspecified atom stereocenters. The normalized spacial score (nSPS) is 43.6. The van der Waals surface area contributed by atoms with Crippen LogP contribution in [0.1, 0.15) is 119 Å². The SMILES string of the molecule is CC.CC(C)CCCC(C)C1CCC2C3CC=C4CC(O)CC[C@]4(C)C3CC[C@]12C. The molecule has 1 nitrogen and oxygen atoms in total. The first-order valence-electron chi connectivity index (χ1n) is 13.6. The minimum atomic E-state index is -0.0766. The molecule has 0 radical (unpaired) electrons. The van der Waals surface area contributed by atoms with Gasteiger partial charge in [-0.2, -0.15) is 0 Å². The molecule has 0 amide bonds. The molecular weight excluding hydrogens is 364 g/mol. The highest BCUT2D eigenvalue weighted by molar-refractivity contribution is 5.25. The highest BCUT2D eigenvalue weighted by Gasteiger charge is 2.59. The van der Waals surface area contributed by atoms with E-state index in [0.29, 0.717) is 10.8 Å². The van der Waals surface area contributed by atoms with E-state index < -0.39 is 0 Å². The average Bonchev–Trinajstić information content (AvgIpc) is 3.07. The Morgan fingerprint density at radius 1 is 0.967 bits per heavy atom. The quantitative estimate of drug-likeness (QED) is 0.446. The highest BCUT2D eigenvalue weighted by atomic mass is 16.3. The Labute approximate surface area is 188 Å². The third-order valence-electron chi connectivity index (χ3n) is 10.3. The lowest BCUT2D eigenvalue weighted by atomic mass is 9.47. The Kier molecular flexibility index (Phi) is 7.85. The second kappa shape index (κ2) is 9.68. The van der Waals surface area contributed by atoms with Gasteiger partial charge in [0.15, 0.2) is 0 Å². The highest BCUT2D eigenvalue weighted by Crippen LogP contribution is 2.67. The molecule has 3 saturated carbocycles. The molecule has 0 aromatic heterocycles. The van der Waals surface area contributed by atoms with Crippen LogP contribution in [0, 0.1) is 46.3 Å². The zero-order valence-corrected chi connectivity index (χ0v) is 21.3. The summed E-state index contributed by atoms with van der Waals surface area (Å²) in [6, 6.07) is 0. The molecule has 0 bridgehead atoms. The van der Waals surface area contributed by atoms with Crippen LogP contribution in [0.25, 0.3) is 0 Å². The number of aliphatic hydroxyl groups is 1. The van der Waals surface area contributed by atoms with Crippen LogP contribution in [0.15, 0.2) is 11.6 Å². The van der Waals surface area contributed by atoms with E-state index in [9.17, 15) is 5.11 Å². The van der Waals surface area contributed by atoms with Gasteiger partial charge in [0.1, 0.15) is 0 Å². The van der Waals surface area contributed by atoms with Gasteiger partial charge in [0.05, 0.1) is 6.10 Å². The lowest BCUT2D eigenvalue weighted by Gasteiger charge is -2.58. The molecule has 1 heteroatoms. The van der Waals surface area contributed by atoms with Crippen molar-refractivity contribution >= 4 is 0 Å². The van der Waals surface area contributed by atoms with Gasteiger partial charge >= 0.3 is 0 Å². The van der Waals surface area contributed by atoms with E-state index in [1.807, 2.05) is 13.8 Å². The first kappa shape index (κ1) is 24.3. The van der Waals surface area contributed by atoms with Crippen molar-refractivity contribution in [2.24, 2.45) is 46.3 Å². The molecule has 4 aliphatic carbocycles. The number of allylic oxidation sites excluding steroid dienone is 1. The Morgan fingerprint density at radius 3 is 2.40 bits per heavy atom. The van der Waals surface area contributed by atoms with Crippen molar-refractivity contribution in [1.82, 2.24) is 0 Å². The Balaban J connectivity index is 0.00000124. The first-order valence-corrected chi connectivity index (χ1v) is 13.6. The van der Waals surface area contributed by atoms with E-state index >= 15 is 0 Å². The zero-order valence-electron chi connectivity index (χ0n) is 21.3. The Morgan fingerprint density at radius 2 is 1.70 bits per heavy atom. The molecule has 3 fully saturated rings. The molecule has 0 aliphatic heterocycles. The molecule has 1 N–H and O–H groups in total. The molecule has 30 heavy (non-hydrogen) atoms. The van der Waals surface area contributed by atoms with Crippen molar-refractivity contribution in [3.63, 3.8) is 0 Å². The van der Waals surface area contributed by atoms with Crippen LogP contribution < -0.4 is 0 Å². The van der Waals surface area contributed by atoms with Crippen molar-refractivity contribution in [2.45, 2.75) is 125 Å². The van der Waals surface area contributed by atoms with Gasteiger partial charge in [-0.1, -0.05) is 79.4 Å². The summed E-state index contributed by atoms with van der Waals surface area (Å²) in [7, 11) is 0. The number of rotatable bonds is 5. The number of aliphatic hydroxyl groups excluding tert-OH is 1. The zero-order chi connectivity index (χ0) is 22.1. The van der Waals surface area contributed by atoms with E-state index in [0.717, 1.165) is 48.3 Å². The van der Waals surface area contributed by atoms with Crippen LogP contribution in [0.2, 0.25) is 0 Å². The summed E-state index contributed by atoms with van der Waals surface area (Å²) in [6.07, 6.45) is 17.2. The number of hydrogen-bond donors (Lipinski definition) is 1. The minimum Gasteiger partial charge on any atom is -0.393 e. The molecule has 0 aromatic carbocycles. The van der Waals surface area contributed by atoms with Crippen LogP contribution in [-0.4, -0.2) is 11.2 Å². The van der Waals surface area contributed by atoms with Gasteiger partial charge in [0.25, 0.3) is 0 Å². The van der Waals surface area contributed by atoms with Crippen molar-refractivity contribution in [2.75, 3.05) is 0 Å². The van der Waals surface area contributed by atoms with Gasteiger partial charge in [-0.05, 0) is 97.7 Å². The Bertz CT molecular complexity index is 591. The average molecular weight is 417 g/mol. The standard InChI is InChI=1S/C27H46O.C2H6/c1-18(2)7-6-8-19(3)23-11-12-24-22-10-9-20-17-21(28)13-15-26(20,4)25(22)14-16-27(23,24)5;1-2/h9,18-19,21-25,28H,6-8,10-17H2,1-5H3;1-2H3/t19?,21?,22?,23?,24?,25?,26-,27+;/m0./s1. The van der Waals surface area contributed by atoms with Gasteiger partial charge in [-0.15, -0.1) is 0 Å². The maximum atomic E-state index is 10.2. The summed E-state index contributed by atoms with van der Waals surface area (Å²) in [6.45, 7) is 16.6. The van der Waals surface area contributed by atoms with Gasteiger partial charge in [-0.3, -0.25) is 0 Å². The van der Waals surface area contributed by atoms with Crippen LogP contribution >= 0.6 is 0 Å². The van der Waals surface area contributed by atoms with Crippen LogP contribution in [-0.2, 0) is 0 Å². The molecule has 0 heterocycles. The second-order valence-corrected chi connectivity index (χ2v) is 12.2. The predicted octanol–water partition coefficient (Wildman–Crippen LogP) is 8.41. The molecular formula is C29H52O. The lowest BCUT2D eigenvalue weighted by Crippen LogP contribution is -2.50. The van der Waals surface area contributed by atoms with E-state index in [1.165, 1.54) is 57.8 Å². The fourth-order valence-electron chi connectivity index (χ4n) is 8.67. The maximum Gasteiger partial charge on any atom is 0.0577 e. The van der Waals surface area contributed by atoms with E-state index in [-0.39, 0.29) is 6.10 Å². The summed E-state index contributed by atoms with van der Waals surface area (Å²) in [5.41, 5.74) is 2.60. The second-order valence-electron chi connectivity index (χ2n) is 12.2. The first-order chi connectivity index (χ1) is 14.3. The molecule has 4 rings (SSSR count). The number of hydrogen-bond acceptors (Lipinski definition) is 1. The van der Waals surface area contributed by atoms with Crippen molar-refractivity contribution in [1.29, 1.82) is 0 Å².